The molecule has 0 fully saturated rings. The molecule has 1 aliphatic rings. The SMILES string of the molecule is Cc1cc2c(c(C)c1C)-c1c(cc(C)c(C)c1C)C2=C(Br)Br. The Kier molecular flexibility index (Phi) is 3.89. The van der Waals surface area contributed by atoms with E-state index < -0.39 is 0 Å². The molecule has 0 saturated carbocycles. The Labute approximate surface area is 149 Å². The molecule has 0 nitrogen and oxygen atoms in total. The molecule has 0 atom stereocenters. The molecule has 0 radical (unpaired) electrons. The molecule has 0 bridgehead atoms. The topological polar surface area (TPSA) is 0 Å². The largest absolute Gasteiger partial charge is 0.0688 e. The molecular formula is C20H20Br2. The summed E-state index contributed by atoms with van der Waals surface area (Å²) in [5, 5.41) is 0. The van der Waals surface area contributed by atoms with Gasteiger partial charge in [0.1, 0.15) is 0 Å². The van der Waals surface area contributed by atoms with Crippen molar-refractivity contribution < 1.29 is 0 Å². The number of fused-ring (bicyclic) bond motifs is 3. The van der Waals surface area contributed by atoms with Crippen molar-refractivity contribution >= 4 is 37.4 Å². The molecule has 0 amide bonds. The smallest absolute Gasteiger partial charge is 0.0505 e. The third-order valence-electron chi connectivity index (χ3n) is 5.30. The average molecular weight is 420 g/mol. The Morgan fingerprint density at radius 1 is 0.636 bits per heavy atom. The first-order valence-corrected chi connectivity index (χ1v) is 9.12. The van der Waals surface area contributed by atoms with Crippen molar-refractivity contribution in [1.82, 2.24) is 0 Å². The van der Waals surface area contributed by atoms with E-state index in [4.69, 9.17) is 0 Å². The fourth-order valence-electron chi connectivity index (χ4n) is 3.55. The molecule has 114 valence electrons. The van der Waals surface area contributed by atoms with Crippen LogP contribution in [0.5, 0.6) is 0 Å². The van der Waals surface area contributed by atoms with E-state index in [1.807, 2.05) is 0 Å². The summed E-state index contributed by atoms with van der Waals surface area (Å²) in [7, 11) is 0. The zero-order valence-electron chi connectivity index (χ0n) is 13.9. The maximum atomic E-state index is 3.67. The highest BCUT2D eigenvalue weighted by atomic mass is 79.9. The first-order chi connectivity index (χ1) is 10.3. The lowest BCUT2D eigenvalue weighted by atomic mass is 9.89. The normalized spacial score (nSPS) is 12.5. The van der Waals surface area contributed by atoms with E-state index in [-0.39, 0.29) is 0 Å². The van der Waals surface area contributed by atoms with E-state index in [0.29, 0.717) is 0 Å². The molecule has 0 N–H and O–H groups in total. The monoisotopic (exact) mass is 418 g/mol. The van der Waals surface area contributed by atoms with Crippen LogP contribution in [0.25, 0.3) is 16.7 Å². The maximum Gasteiger partial charge on any atom is 0.0688 e. The summed E-state index contributed by atoms with van der Waals surface area (Å²) < 4.78 is 1.03. The van der Waals surface area contributed by atoms with Crippen molar-refractivity contribution in [3.8, 4) is 11.1 Å². The second-order valence-corrected chi connectivity index (χ2v) is 9.02. The fourth-order valence-corrected chi connectivity index (χ4v) is 4.41. The molecule has 0 unspecified atom stereocenters. The third kappa shape index (κ3) is 2.07. The van der Waals surface area contributed by atoms with Crippen LogP contribution in [0.15, 0.2) is 15.5 Å². The molecule has 3 rings (SSSR count). The van der Waals surface area contributed by atoms with E-state index >= 15 is 0 Å². The number of halogens is 2. The number of aryl methyl sites for hydroxylation is 2. The Balaban J connectivity index is 2.57. The van der Waals surface area contributed by atoms with Crippen molar-refractivity contribution in [1.29, 1.82) is 0 Å². The summed E-state index contributed by atoms with van der Waals surface area (Å²) in [6.07, 6.45) is 0. The fraction of sp³-hybridized carbons (Fsp3) is 0.300. The predicted octanol–water partition coefficient (Wildman–Crippen LogP) is 7.02. The van der Waals surface area contributed by atoms with E-state index in [9.17, 15) is 0 Å². The maximum absolute atomic E-state index is 3.67. The quantitative estimate of drug-likeness (QED) is 0.367. The van der Waals surface area contributed by atoms with E-state index in [1.165, 1.54) is 61.2 Å². The minimum atomic E-state index is 1.03. The van der Waals surface area contributed by atoms with Gasteiger partial charge in [-0.05, 0) is 129 Å². The molecule has 22 heavy (non-hydrogen) atoms. The highest BCUT2D eigenvalue weighted by molar-refractivity contribution is 9.28. The molecule has 2 aromatic carbocycles. The van der Waals surface area contributed by atoms with Crippen LogP contribution in [0.4, 0.5) is 0 Å². The highest BCUT2D eigenvalue weighted by Gasteiger charge is 2.30. The number of benzene rings is 2. The van der Waals surface area contributed by atoms with Crippen molar-refractivity contribution in [2.75, 3.05) is 0 Å². The minimum Gasteiger partial charge on any atom is -0.0505 e. The Morgan fingerprint density at radius 2 is 1.00 bits per heavy atom. The first kappa shape index (κ1) is 16.0. The Morgan fingerprint density at radius 3 is 1.32 bits per heavy atom. The van der Waals surface area contributed by atoms with Crippen LogP contribution in [0, 0.1) is 41.5 Å². The summed E-state index contributed by atoms with van der Waals surface area (Å²) in [4.78, 5) is 0. The van der Waals surface area contributed by atoms with Gasteiger partial charge in [0, 0.05) is 5.57 Å². The zero-order valence-corrected chi connectivity index (χ0v) is 17.1. The van der Waals surface area contributed by atoms with Gasteiger partial charge < -0.3 is 0 Å². The zero-order chi connectivity index (χ0) is 16.3. The van der Waals surface area contributed by atoms with Gasteiger partial charge in [0.15, 0.2) is 0 Å². The number of hydrogen-bond acceptors (Lipinski definition) is 0. The molecule has 1 aliphatic carbocycles. The van der Waals surface area contributed by atoms with Crippen molar-refractivity contribution in [3.63, 3.8) is 0 Å². The van der Waals surface area contributed by atoms with Crippen molar-refractivity contribution in [2.24, 2.45) is 0 Å². The van der Waals surface area contributed by atoms with Crippen LogP contribution >= 0.6 is 31.9 Å². The molecule has 2 aromatic rings. The lowest BCUT2D eigenvalue weighted by Gasteiger charge is -2.15. The lowest BCUT2D eigenvalue weighted by Crippen LogP contribution is -1.95. The van der Waals surface area contributed by atoms with Crippen molar-refractivity contribution in [3.05, 3.63) is 60.0 Å². The summed E-state index contributed by atoms with van der Waals surface area (Å²) in [6.45, 7) is 13.4. The van der Waals surface area contributed by atoms with Crippen LogP contribution in [-0.2, 0) is 0 Å². The average Bonchev–Trinajstić information content (AvgIpc) is 2.76. The van der Waals surface area contributed by atoms with Gasteiger partial charge in [-0.25, -0.2) is 0 Å². The van der Waals surface area contributed by atoms with E-state index in [1.54, 1.807) is 0 Å². The molecule has 2 heteroatoms. The van der Waals surface area contributed by atoms with Crippen LogP contribution in [0.3, 0.4) is 0 Å². The second kappa shape index (κ2) is 5.35. The summed E-state index contributed by atoms with van der Waals surface area (Å²) in [5.74, 6) is 0. The van der Waals surface area contributed by atoms with Gasteiger partial charge in [0.2, 0.25) is 0 Å². The summed E-state index contributed by atoms with van der Waals surface area (Å²) in [6, 6.07) is 4.67. The third-order valence-corrected chi connectivity index (χ3v) is 6.09. The van der Waals surface area contributed by atoms with Crippen LogP contribution in [0.2, 0.25) is 0 Å². The van der Waals surface area contributed by atoms with Gasteiger partial charge in [0.05, 0.1) is 3.39 Å². The van der Waals surface area contributed by atoms with Gasteiger partial charge in [-0.3, -0.25) is 0 Å². The van der Waals surface area contributed by atoms with Gasteiger partial charge in [0.25, 0.3) is 0 Å². The van der Waals surface area contributed by atoms with Crippen LogP contribution in [0.1, 0.15) is 44.5 Å². The molecule has 0 aliphatic heterocycles. The van der Waals surface area contributed by atoms with E-state index in [0.717, 1.165) is 3.39 Å². The summed E-state index contributed by atoms with van der Waals surface area (Å²) >= 11 is 7.35. The van der Waals surface area contributed by atoms with Crippen molar-refractivity contribution in [2.45, 2.75) is 41.5 Å². The Hall–Kier alpha value is -0.860. The van der Waals surface area contributed by atoms with Gasteiger partial charge in [-0.2, -0.15) is 0 Å². The van der Waals surface area contributed by atoms with Gasteiger partial charge in [-0.15, -0.1) is 0 Å². The second-order valence-electron chi connectivity index (χ2n) is 6.37. The van der Waals surface area contributed by atoms with Gasteiger partial charge in [-0.1, -0.05) is 12.1 Å². The van der Waals surface area contributed by atoms with Crippen LogP contribution < -0.4 is 0 Å². The highest BCUT2D eigenvalue weighted by Crippen LogP contribution is 2.52. The Bertz CT molecular complexity index is 785. The molecular weight excluding hydrogens is 400 g/mol. The minimum absolute atomic E-state index is 1.03. The molecule has 0 spiro atoms. The first-order valence-electron chi connectivity index (χ1n) is 7.53. The van der Waals surface area contributed by atoms with E-state index in [2.05, 4.69) is 85.5 Å². The molecule has 0 saturated heterocycles. The molecule has 0 aromatic heterocycles. The van der Waals surface area contributed by atoms with Crippen LogP contribution in [-0.4, -0.2) is 0 Å². The summed E-state index contributed by atoms with van der Waals surface area (Å²) in [5.41, 5.74) is 15.1. The number of rotatable bonds is 0. The molecule has 0 heterocycles. The lowest BCUT2D eigenvalue weighted by molar-refractivity contribution is 1.24. The number of hydrogen-bond donors (Lipinski definition) is 0. The van der Waals surface area contributed by atoms with Gasteiger partial charge >= 0.3 is 0 Å². The predicted molar refractivity (Wildman–Crippen MR) is 104 cm³/mol. The standard InChI is InChI=1S/C20H20Br2/c1-9-7-15-17(13(5)11(9)3)18-14(6)12(4)10(2)8-16(18)19(15)20(21)22/h7-8H,1-6H3.